The first-order chi connectivity index (χ1) is 17.2. The van der Waals surface area contributed by atoms with E-state index in [1.165, 1.54) is 35.9 Å². The average molecular weight is 512 g/mol. The molecule has 1 aliphatic heterocycles. The predicted octanol–water partition coefficient (Wildman–Crippen LogP) is 1.99. The van der Waals surface area contributed by atoms with E-state index in [-0.39, 0.29) is 22.5 Å². The minimum atomic E-state index is -4.10. The summed E-state index contributed by atoms with van der Waals surface area (Å²) < 4.78 is 35.0. The number of oxazole rings is 1. The highest BCUT2D eigenvalue weighted by atomic mass is 32.2. The number of carbonyl (C=O) groups excluding carboxylic acids is 1. The quantitative estimate of drug-likeness (QED) is 0.397. The lowest BCUT2D eigenvalue weighted by molar-refractivity contribution is 0.102. The summed E-state index contributed by atoms with van der Waals surface area (Å²) in [5, 5.41) is 17.6. The molecule has 36 heavy (non-hydrogen) atoms. The summed E-state index contributed by atoms with van der Waals surface area (Å²) in [6.45, 7) is 1.17. The summed E-state index contributed by atoms with van der Waals surface area (Å²) in [5.74, 6) is -0.539. The van der Waals surface area contributed by atoms with Gasteiger partial charge in [0.15, 0.2) is 17.1 Å². The van der Waals surface area contributed by atoms with Crippen molar-refractivity contribution in [2.75, 3.05) is 34.7 Å². The topological polar surface area (TPSA) is 147 Å². The van der Waals surface area contributed by atoms with Crippen LogP contribution in [0, 0.1) is 0 Å². The van der Waals surface area contributed by atoms with Crippen LogP contribution in [0.3, 0.4) is 0 Å². The zero-order valence-corrected chi connectivity index (χ0v) is 20.5. The molecule has 2 N–H and O–H groups in total. The van der Waals surface area contributed by atoms with Crippen molar-refractivity contribution < 1.29 is 22.7 Å². The summed E-state index contributed by atoms with van der Waals surface area (Å²) in [5.41, 5.74) is 2.22. The molecule has 0 bridgehead atoms. The van der Waals surface area contributed by atoms with Crippen molar-refractivity contribution in [3.8, 4) is 0 Å². The largest absolute Gasteiger partial charge is 0.451 e. The zero-order valence-electron chi connectivity index (χ0n) is 19.7. The Hall–Kier alpha value is -3.97. The second-order valence-corrected chi connectivity index (χ2v) is 10.5. The van der Waals surface area contributed by atoms with Gasteiger partial charge in [0.25, 0.3) is 15.9 Å². The number of anilines is 3. The number of benzene rings is 1. The van der Waals surface area contributed by atoms with Crippen LogP contribution >= 0.6 is 0 Å². The Balaban J connectivity index is 1.50. The van der Waals surface area contributed by atoms with E-state index < -0.39 is 15.9 Å². The van der Waals surface area contributed by atoms with Crippen LogP contribution in [-0.2, 0) is 17.1 Å². The van der Waals surface area contributed by atoms with Crippen molar-refractivity contribution in [2.45, 2.75) is 24.0 Å². The van der Waals surface area contributed by atoms with E-state index in [4.69, 9.17) is 4.42 Å². The van der Waals surface area contributed by atoms with Gasteiger partial charge in [-0.1, -0.05) is 0 Å². The third-order valence-electron chi connectivity index (χ3n) is 6.14. The van der Waals surface area contributed by atoms with Gasteiger partial charge in [-0.25, -0.2) is 9.97 Å². The Morgan fingerprint density at radius 3 is 2.72 bits per heavy atom. The Labute approximate surface area is 207 Å². The van der Waals surface area contributed by atoms with Crippen molar-refractivity contribution in [1.29, 1.82) is 0 Å². The van der Waals surface area contributed by atoms with E-state index in [1.54, 1.807) is 17.8 Å². The molecule has 13 heteroatoms. The van der Waals surface area contributed by atoms with Crippen molar-refractivity contribution in [3.63, 3.8) is 0 Å². The van der Waals surface area contributed by atoms with Gasteiger partial charge in [0.05, 0.1) is 23.0 Å². The molecule has 0 aliphatic carbocycles. The van der Waals surface area contributed by atoms with Gasteiger partial charge >= 0.3 is 0 Å². The summed E-state index contributed by atoms with van der Waals surface area (Å²) in [4.78, 5) is 22.2. The van der Waals surface area contributed by atoms with Gasteiger partial charge in [-0.15, -0.1) is 0 Å². The second kappa shape index (κ2) is 9.24. The number of nitrogens with zero attached hydrogens (tertiary/aromatic N) is 6. The molecule has 1 amide bonds. The molecule has 1 aromatic carbocycles. The molecule has 0 saturated carbocycles. The van der Waals surface area contributed by atoms with Gasteiger partial charge in [-0.05, 0) is 31.0 Å². The molecule has 4 aromatic rings. The number of hydrogen-bond donors (Lipinski definition) is 2. The first-order valence-electron chi connectivity index (χ1n) is 11.3. The molecule has 4 heterocycles. The minimum absolute atomic E-state index is 0.0643. The smallest absolute Gasteiger partial charge is 0.281 e. The summed E-state index contributed by atoms with van der Waals surface area (Å²) in [6.07, 6.45) is 6.27. The Kier molecular flexibility index (Phi) is 6.10. The highest BCUT2D eigenvalue weighted by Crippen LogP contribution is 2.37. The van der Waals surface area contributed by atoms with Gasteiger partial charge in [-0.3, -0.25) is 13.8 Å². The van der Waals surface area contributed by atoms with Crippen molar-refractivity contribution in [1.82, 2.24) is 19.7 Å². The molecule has 188 valence electrons. The van der Waals surface area contributed by atoms with Gasteiger partial charge in [-0.2, -0.15) is 13.5 Å². The number of amides is 1. The monoisotopic (exact) mass is 511 g/mol. The van der Waals surface area contributed by atoms with Gasteiger partial charge in [0, 0.05) is 56.7 Å². The van der Waals surface area contributed by atoms with Crippen LogP contribution in [0.25, 0.3) is 10.9 Å². The highest BCUT2D eigenvalue weighted by molar-refractivity contribution is 7.92. The minimum Gasteiger partial charge on any atom is -0.451 e. The number of aliphatic hydroxyl groups excluding tert-OH is 1. The number of aromatic nitrogens is 4. The Bertz CT molecular complexity index is 1510. The summed E-state index contributed by atoms with van der Waals surface area (Å²) >= 11 is 0. The first-order valence-corrected chi connectivity index (χ1v) is 12.7. The van der Waals surface area contributed by atoms with Crippen LogP contribution in [-0.4, -0.2) is 65.4 Å². The molecule has 0 spiro atoms. The predicted molar refractivity (Wildman–Crippen MR) is 132 cm³/mol. The van der Waals surface area contributed by atoms with Gasteiger partial charge in [0.2, 0.25) is 0 Å². The van der Waals surface area contributed by atoms with Crippen molar-refractivity contribution in [2.24, 2.45) is 7.05 Å². The number of fused-ring (bicyclic) bond motifs is 1. The van der Waals surface area contributed by atoms with E-state index in [0.29, 0.717) is 37.3 Å². The molecule has 12 nitrogen and oxygen atoms in total. The molecule has 3 aromatic heterocycles. The maximum atomic E-state index is 13.7. The molecular weight excluding hydrogens is 486 g/mol. The van der Waals surface area contributed by atoms with Crippen LogP contribution in [0.4, 0.5) is 17.1 Å². The van der Waals surface area contributed by atoms with Crippen LogP contribution in [0.1, 0.15) is 23.3 Å². The van der Waals surface area contributed by atoms with Crippen molar-refractivity contribution in [3.05, 3.63) is 55.0 Å². The van der Waals surface area contributed by atoms with Crippen LogP contribution in [0.2, 0.25) is 0 Å². The third kappa shape index (κ3) is 4.50. The number of sulfonamides is 1. The maximum absolute atomic E-state index is 13.7. The Morgan fingerprint density at radius 1 is 1.22 bits per heavy atom. The second-order valence-electron chi connectivity index (χ2n) is 8.60. The molecule has 1 aliphatic rings. The third-order valence-corrected chi connectivity index (χ3v) is 7.81. The van der Waals surface area contributed by atoms with E-state index >= 15 is 0 Å². The van der Waals surface area contributed by atoms with Crippen LogP contribution in [0.5, 0.6) is 0 Å². The number of aliphatic hydroxyl groups is 1. The fraction of sp³-hybridized carbons (Fsp3) is 0.304. The number of pyridine rings is 1. The molecule has 0 radical (unpaired) electrons. The summed E-state index contributed by atoms with van der Waals surface area (Å²) in [7, 11) is -0.829. The summed E-state index contributed by atoms with van der Waals surface area (Å²) in [6, 6.07) is 6.44. The fourth-order valence-electron chi connectivity index (χ4n) is 4.20. The van der Waals surface area contributed by atoms with E-state index in [0.717, 1.165) is 17.3 Å². The normalized spacial score (nSPS) is 14.8. The molecular formula is C23H25N7O5S. The fourth-order valence-corrected chi connectivity index (χ4v) is 5.36. The molecule has 1 saturated heterocycles. The van der Waals surface area contributed by atoms with E-state index in [1.807, 2.05) is 12.3 Å². The van der Waals surface area contributed by atoms with E-state index in [9.17, 15) is 18.3 Å². The van der Waals surface area contributed by atoms with Crippen LogP contribution < -0.4 is 14.5 Å². The van der Waals surface area contributed by atoms with Gasteiger partial charge in [0.1, 0.15) is 6.26 Å². The SMILES string of the molecule is CN(c1cc2cn(C)nc2cc1N1CCC(O)CC1)S(=O)(=O)c1cc(NC(=O)c2cocn2)ccn1. The average Bonchev–Trinajstić information content (AvgIpc) is 3.52. The number of piperidine rings is 1. The van der Waals surface area contributed by atoms with E-state index in [2.05, 4.69) is 25.3 Å². The number of hydrogen-bond acceptors (Lipinski definition) is 9. The molecule has 0 unspecified atom stereocenters. The lowest BCUT2D eigenvalue weighted by Gasteiger charge is -2.34. The number of carbonyl (C=O) groups is 1. The Morgan fingerprint density at radius 2 is 2.00 bits per heavy atom. The lowest BCUT2D eigenvalue weighted by Crippen LogP contribution is -2.37. The number of rotatable bonds is 6. The lowest BCUT2D eigenvalue weighted by atomic mass is 10.1. The molecule has 1 fully saturated rings. The standard InChI is InChI=1S/C23H25N7O5S/c1-28-12-15-9-20(21(11-18(15)27-28)30-7-4-17(31)5-8-30)29(2)36(33,34)22-10-16(3-6-24-22)26-23(32)19-13-35-14-25-19/h3,6,9-14,17,31H,4-5,7-8H2,1-2H3,(H,24,26,32). The zero-order chi connectivity index (χ0) is 25.4. The first kappa shape index (κ1) is 23.8. The van der Waals surface area contributed by atoms with Gasteiger partial charge < -0.3 is 19.7 Å². The molecule has 5 rings (SSSR count). The number of aryl methyl sites for hydroxylation is 1. The highest BCUT2D eigenvalue weighted by Gasteiger charge is 2.29. The maximum Gasteiger partial charge on any atom is 0.281 e. The van der Waals surface area contributed by atoms with Crippen molar-refractivity contribution >= 4 is 43.9 Å². The van der Waals surface area contributed by atoms with Crippen LogP contribution in [0.15, 0.2) is 58.8 Å². The number of nitrogens with one attached hydrogen (secondary N) is 1. The molecule has 0 atom stereocenters.